The number of aliphatic hydroxyl groups is 7. The number of carbonyl (C=O) groups excluding carboxylic acids is 2. The van der Waals surface area contributed by atoms with Gasteiger partial charge in [-0.2, -0.15) is 0 Å². The van der Waals surface area contributed by atoms with Gasteiger partial charge < -0.3 is 64.2 Å². The van der Waals surface area contributed by atoms with Crippen molar-refractivity contribution in [3.63, 3.8) is 0 Å². The number of allylic oxidation sites excluding steroid dienone is 20. The molecule has 0 saturated carbocycles. The molecule has 0 radical (unpaired) electrons. The van der Waals surface area contributed by atoms with E-state index in [9.17, 15) is 45.3 Å². The van der Waals surface area contributed by atoms with Gasteiger partial charge in [0.05, 0.1) is 19.8 Å². The molecule has 2 rings (SSSR count). The standard InChI is InChI=1S/C47H68O15/c1-3-5-7-9-11-13-15-17-19-21-23-25-27-29-38(49)57-32-35(60-39(50)30-28-26-24-22-20-18-16-14-12-10-8-6-4-2)33-58-46-45(56)43(54)41(52)37(62-46)34-59-47-44(55)42(53)40(51)36(31-48)61-47/h5-24,35-37,40-48,51-56H,3-4,25-34H2,1-2H3/b7-5+,8-6+,11-9+,12-10+,15-13+,16-14+,19-17+,20-18+,23-21+,24-22+/t35?,36-,37-,40+,41+,42?,43?,44?,45?,46-,47-/m1/s1. The number of unbranched alkanes of at least 4 members (excludes halogenated alkanes) is 2. The van der Waals surface area contributed by atoms with Gasteiger partial charge in [0.2, 0.25) is 0 Å². The Kier molecular flexibility index (Phi) is 29.2. The first-order valence-electron chi connectivity index (χ1n) is 21.3. The van der Waals surface area contributed by atoms with Crippen molar-refractivity contribution in [3.8, 4) is 0 Å². The Morgan fingerprint density at radius 2 is 0.935 bits per heavy atom. The zero-order chi connectivity index (χ0) is 45.4. The predicted molar refractivity (Wildman–Crippen MR) is 233 cm³/mol. The molecule has 15 heteroatoms. The first kappa shape index (κ1) is 54.0. The van der Waals surface area contributed by atoms with Gasteiger partial charge >= 0.3 is 11.9 Å². The monoisotopic (exact) mass is 872 g/mol. The molecule has 62 heavy (non-hydrogen) atoms. The Morgan fingerprint density at radius 1 is 0.516 bits per heavy atom. The van der Waals surface area contributed by atoms with Crippen LogP contribution in [0.1, 0.15) is 65.2 Å². The number of aliphatic hydroxyl groups excluding tert-OH is 7. The Bertz CT molecular complexity index is 1540. The van der Waals surface area contributed by atoms with E-state index >= 15 is 0 Å². The average molecular weight is 873 g/mol. The van der Waals surface area contributed by atoms with Gasteiger partial charge in [-0.05, 0) is 38.5 Å². The van der Waals surface area contributed by atoms with Gasteiger partial charge in [-0.3, -0.25) is 9.59 Å². The number of esters is 2. The summed E-state index contributed by atoms with van der Waals surface area (Å²) in [7, 11) is 0. The van der Waals surface area contributed by atoms with Crippen LogP contribution >= 0.6 is 0 Å². The molecule has 2 saturated heterocycles. The summed E-state index contributed by atoms with van der Waals surface area (Å²) in [5.74, 6) is -1.12. The van der Waals surface area contributed by atoms with Gasteiger partial charge in [0.25, 0.3) is 0 Å². The zero-order valence-corrected chi connectivity index (χ0v) is 35.8. The third-order valence-electron chi connectivity index (χ3n) is 9.19. The van der Waals surface area contributed by atoms with Crippen LogP contribution in [-0.4, -0.2) is 142 Å². The minimum atomic E-state index is -1.80. The topological polar surface area (TPSA) is 231 Å². The van der Waals surface area contributed by atoms with Crippen LogP contribution in [0.5, 0.6) is 0 Å². The number of ether oxygens (including phenoxy) is 6. The molecule has 15 nitrogen and oxygen atoms in total. The van der Waals surface area contributed by atoms with Crippen LogP contribution in [0.15, 0.2) is 122 Å². The fourth-order valence-corrected chi connectivity index (χ4v) is 5.69. The molecule has 11 atom stereocenters. The summed E-state index contributed by atoms with van der Waals surface area (Å²) in [4.78, 5) is 25.5. The molecule has 0 spiro atoms. The highest BCUT2D eigenvalue weighted by Crippen LogP contribution is 2.26. The lowest BCUT2D eigenvalue weighted by Crippen LogP contribution is -2.61. The fourth-order valence-electron chi connectivity index (χ4n) is 5.69. The van der Waals surface area contributed by atoms with Gasteiger partial charge in [-0.15, -0.1) is 0 Å². The molecule has 5 unspecified atom stereocenters. The molecule has 2 fully saturated rings. The lowest BCUT2D eigenvalue weighted by Gasteiger charge is -2.42. The summed E-state index contributed by atoms with van der Waals surface area (Å²) in [6.45, 7) is 2.07. The molecule has 2 heterocycles. The van der Waals surface area contributed by atoms with Crippen molar-refractivity contribution in [2.75, 3.05) is 26.4 Å². The molecular weight excluding hydrogens is 805 g/mol. The maximum absolute atomic E-state index is 12.9. The highest BCUT2D eigenvalue weighted by Gasteiger charge is 2.47. The van der Waals surface area contributed by atoms with Gasteiger partial charge in [0.15, 0.2) is 18.7 Å². The largest absolute Gasteiger partial charge is 0.462 e. The molecule has 2 aliphatic rings. The summed E-state index contributed by atoms with van der Waals surface area (Å²) in [6, 6.07) is 0. The lowest BCUT2D eigenvalue weighted by atomic mass is 9.98. The number of hydrogen-bond acceptors (Lipinski definition) is 15. The molecule has 0 amide bonds. The Labute approximate surface area is 365 Å². The van der Waals surface area contributed by atoms with Crippen LogP contribution in [0, 0.1) is 0 Å². The van der Waals surface area contributed by atoms with E-state index in [2.05, 4.69) is 26.0 Å². The number of carbonyl (C=O) groups is 2. The van der Waals surface area contributed by atoms with E-state index in [0.29, 0.717) is 25.7 Å². The molecule has 0 aromatic rings. The number of rotatable bonds is 28. The molecule has 7 N–H and O–H groups in total. The fraction of sp³-hybridized carbons (Fsp3) is 0.532. The van der Waals surface area contributed by atoms with Crippen molar-refractivity contribution in [2.24, 2.45) is 0 Å². The summed E-state index contributed by atoms with van der Waals surface area (Å²) in [6.07, 6.45) is 25.6. The quantitative estimate of drug-likeness (QED) is 0.0337. The molecule has 0 aromatic heterocycles. The molecule has 0 bridgehead atoms. The van der Waals surface area contributed by atoms with Crippen LogP contribution in [0.4, 0.5) is 0 Å². The maximum atomic E-state index is 12.9. The first-order chi connectivity index (χ1) is 30.0. The highest BCUT2D eigenvalue weighted by atomic mass is 16.7. The van der Waals surface area contributed by atoms with Crippen molar-refractivity contribution in [1.29, 1.82) is 0 Å². The van der Waals surface area contributed by atoms with E-state index in [4.69, 9.17) is 28.4 Å². The third-order valence-corrected chi connectivity index (χ3v) is 9.19. The second kappa shape index (κ2) is 33.5. The van der Waals surface area contributed by atoms with E-state index < -0.39 is 99.3 Å². The molecular formula is C47H68O15. The van der Waals surface area contributed by atoms with Gasteiger partial charge in [-0.1, -0.05) is 135 Å². The second-order valence-electron chi connectivity index (χ2n) is 14.3. The molecule has 346 valence electrons. The average Bonchev–Trinajstić information content (AvgIpc) is 3.26. The van der Waals surface area contributed by atoms with Crippen molar-refractivity contribution in [1.82, 2.24) is 0 Å². The van der Waals surface area contributed by atoms with Gasteiger partial charge in [0.1, 0.15) is 55.4 Å². The van der Waals surface area contributed by atoms with Crippen molar-refractivity contribution < 1.29 is 73.8 Å². The summed E-state index contributed by atoms with van der Waals surface area (Å²) < 4.78 is 33.2. The van der Waals surface area contributed by atoms with Crippen LogP contribution in [0.25, 0.3) is 0 Å². The second-order valence-corrected chi connectivity index (χ2v) is 14.3. The maximum Gasteiger partial charge on any atom is 0.306 e. The van der Waals surface area contributed by atoms with Crippen LogP contribution in [0.2, 0.25) is 0 Å². The first-order valence-corrected chi connectivity index (χ1v) is 21.3. The zero-order valence-electron chi connectivity index (χ0n) is 35.8. The SMILES string of the molecule is CC/C=C/C=C/C=C/C=C/C=C/CCCC(=O)OCC(CO[C@@H]1O[C@H](CO[C@@H]2O[C@H](CO)[C@H](O)C(O)C2O)[C@H](O)C(O)C1O)OC(=O)CCC/C=C/C=C/C=C/C=C/C=C/CC. The lowest BCUT2D eigenvalue weighted by molar-refractivity contribution is -0.332. The smallest absolute Gasteiger partial charge is 0.306 e. The van der Waals surface area contributed by atoms with E-state index in [-0.39, 0.29) is 19.4 Å². The van der Waals surface area contributed by atoms with Crippen molar-refractivity contribution >= 4 is 11.9 Å². The van der Waals surface area contributed by atoms with Crippen molar-refractivity contribution in [2.45, 2.75) is 133 Å². The molecule has 0 aliphatic carbocycles. The Hall–Kier alpha value is -4.10. The molecule has 0 aromatic carbocycles. The predicted octanol–water partition coefficient (Wildman–Crippen LogP) is 3.80. The summed E-state index contributed by atoms with van der Waals surface area (Å²) >= 11 is 0. The van der Waals surface area contributed by atoms with E-state index in [0.717, 1.165) is 12.8 Å². The summed E-state index contributed by atoms with van der Waals surface area (Å²) in [5.41, 5.74) is 0. The minimum Gasteiger partial charge on any atom is -0.462 e. The number of hydrogen-bond donors (Lipinski definition) is 7. The Balaban J connectivity index is 1.96. The van der Waals surface area contributed by atoms with Crippen LogP contribution in [-0.2, 0) is 38.0 Å². The van der Waals surface area contributed by atoms with E-state index in [1.54, 1.807) is 0 Å². The molecule has 2 aliphatic heterocycles. The normalized spacial score (nSPS) is 28.3. The van der Waals surface area contributed by atoms with Gasteiger partial charge in [-0.25, -0.2) is 0 Å². The van der Waals surface area contributed by atoms with E-state index in [1.165, 1.54) is 0 Å². The Morgan fingerprint density at radius 3 is 1.42 bits per heavy atom. The third kappa shape index (κ3) is 22.3. The highest BCUT2D eigenvalue weighted by molar-refractivity contribution is 5.70. The van der Waals surface area contributed by atoms with Crippen LogP contribution in [0.3, 0.4) is 0 Å². The van der Waals surface area contributed by atoms with Gasteiger partial charge in [0, 0.05) is 12.8 Å². The van der Waals surface area contributed by atoms with E-state index in [1.807, 2.05) is 109 Å². The van der Waals surface area contributed by atoms with Crippen LogP contribution < -0.4 is 0 Å². The van der Waals surface area contributed by atoms with Crippen molar-refractivity contribution in [3.05, 3.63) is 122 Å². The summed E-state index contributed by atoms with van der Waals surface area (Å²) in [5, 5.41) is 71.7. The minimum absolute atomic E-state index is 0.0445.